The van der Waals surface area contributed by atoms with Gasteiger partial charge in [0.05, 0.1) is 12.3 Å². The highest BCUT2D eigenvalue weighted by Gasteiger charge is 2.10. The van der Waals surface area contributed by atoms with Crippen LogP contribution in [0.15, 0.2) is 55.3 Å². The summed E-state index contributed by atoms with van der Waals surface area (Å²) in [5.74, 6) is 1.07. The first-order valence-electron chi connectivity index (χ1n) is 7.08. The summed E-state index contributed by atoms with van der Waals surface area (Å²) in [7, 11) is 0. The van der Waals surface area contributed by atoms with E-state index in [0.29, 0.717) is 36.0 Å². The molecular weight excluding hydrogens is 278 g/mol. The molecule has 114 valence electrons. The van der Waals surface area contributed by atoms with Gasteiger partial charge in [0.15, 0.2) is 0 Å². The smallest absolute Gasteiger partial charge is 0.255 e. The van der Waals surface area contributed by atoms with E-state index in [1.807, 2.05) is 25.1 Å². The first-order chi connectivity index (χ1) is 10.7. The van der Waals surface area contributed by atoms with E-state index < -0.39 is 0 Å². The van der Waals surface area contributed by atoms with Crippen LogP contribution in [0.5, 0.6) is 5.75 Å². The van der Waals surface area contributed by atoms with Crippen LogP contribution in [-0.4, -0.2) is 24.0 Å². The Kier molecular flexibility index (Phi) is 5.54. The van der Waals surface area contributed by atoms with Crippen LogP contribution < -0.4 is 15.4 Å². The summed E-state index contributed by atoms with van der Waals surface area (Å²) in [4.78, 5) is 16.5. The summed E-state index contributed by atoms with van der Waals surface area (Å²) >= 11 is 0. The number of para-hydroxylation sites is 2. The normalized spacial score (nSPS) is 9.86. The molecule has 1 aromatic heterocycles. The molecular formula is C17H19N3O2. The second kappa shape index (κ2) is 7.83. The Morgan fingerprint density at radius 2 is 2.18 bits per heavy atom. The third kappa shape index (κ3) is 4.09. The number of amides is 1. The molecule has 2 aromatic rings. The van der Waals surface area contributed by atoms with Crippen molar-refractivity contribution in [3.05, 3.63) is 60.8 Å². The predicted molar refractivity (Wildman–Crippen MR) is 88.5 cm³/mol. The predicted octanol–water partition coefficient (Wildman–Crippen LogP) is 3.33. The molecule has 0 spiro atoms. The maximum Gasteiger partial charge on any atom is 0.255 e. The number of nitrogens with zero attached hydrogens (tertiary/aromatic N) is 1. The number of anilines is 2. The van der Waals surface area contributed by atoms with E-state index >= 15 is 0 Å². The second-order valence-electron chi connectivity index (χ2n) is 4.48. The van der Waals surface area contributed by atoms with Gasteiger partial charge in [0, 0.05) is 18.3 Å². The Morgan fingerprint density at radius 1 is 1.36 bits per heavy atom. The van der Waals surface area contributed by atoms with Crippen LogP contribution in [0.4, 0.5) is 11.5 Å². The molecule has 22 heavy (non-hydrogen) atoms. The van der Waals surface area contributed by atoms with Gasteiger partial charge in [0.25, 0.3) is 5.91 Å². The standard InChI is InChI=1S/C17H19N3O2/c1-3-10-18-16-12-13(9-11-19-16)17(21)20-14-7-5-6-8-15(14)22-4-2/h3,5-9,11-12H,1,4,10H2,2H3,(H,18,19)(H,20,21). The fraction of sp³-hybridized carbons (Fsp3) is 0.176. The van der Waals surface area contributed by atoms with Crippen LogP contribution in [0.2, 0.25) is 0 Å². The van der Waals surface area contributed by atoms with Gasteiger partial charge < -0.3 is 15.4 Å². The van der Waals surface area contributed by atoms with Gasteiger partial charge in [-0.05, 0) is 31.2 Å². The zero-order valence-electron chi connectivity index (χ0n) is 12.5. The molecule has 2 rings (SSSR count). The summed E-state index contributed by atoms with van der Waals surface area (Å²) in [5.41, 5.74) is 1.17. The van der Waals surface area contributed by atoms with Gasteiger partial charge in [-0.1, -0.05) is 18.2 Å². The van der Waals surface area contributed by atoms with Crippen molar-refractivity contribution in [1.29, 1.82) is 0 Å². The lowest BCUT2D eigenvalue weighted by atomic mass is 10.2. The number of hydrogen-bond acceptors (Lipinski definition) is 4. The second-order valence-corrected chi connectivity index (χ2v) is 4.48. The SMILES string of the molecule is C=CCNc1cc(C(=O)Nc2ccccc2OCC)ccn1. The van der Waals surface area contributed by atoms with E-state index in [1.165, 1.54) is 0 Å². The average molecular weight is 297 g/mol. The van der Waals surface area contributed by atoms with Crippen molar-refractivity contribution in [2.75, 3.05) is 23.8 Å². The zero-order chi connectivity index (χ0) is 15.8. The fourth-order valence-electron chi connectivity index (χ4n) is 1.89. The molecule has 1 amide bonds. The third-order valence-corrected chi connectivity index (χ3v) is 2.88. The van der Waals surface area contributed by atoms with Crippen molar-refractivity contribution < 1.29 is 9.53 Å². The van der Waals surface area contributed by atoms with Crippen LogP contribution in [0.25, 0.3) is 0 Å². The molecule has 0 bridgehead atoms. The maximum atomic E-state index is 12.4. The van der Waals surface area contributed by atoms with E-state index in [4.69, 9.17) is 4.74 Å². The van der Waals surface area contributed by atoms with Gasteiger partial charge >= 0.3 is 0 Å². The first-order valence-corrected chi connectivity index (χ1v) is 7.08. The summed E-state index contributed by atoms with van der Waals surface area (Å²) in [5, 5.41) is 5.91. The lowest BCUT2D eigenvalue weighted by molar-refractivity contribution is 0.102. The molecule has 0 unspecified atom stereocenters. The Labute approximate surface area is 130 Å². The highest BCUT2D eigenvalue weighted by Crippen LogP contribution is 2.24. The van der Waals surface area contributed by atoms with Gasteiger partial charge in [0.1, 0.15) is 11.6 Å². The monoisotopic (exact) mass is 297 g/mol. The minimum absolute atomic E-state index is 0.212. The van der Waals surface area contributed by atoms with Crippen molar-refractivity contribution >= 4 is 17.4 Å². The third-order valence-electron chi connectivity index (χ3n) is 2.88. The molecule has 2 N–H and O–H groups in total. The van der Waals surface area contributed by atoms with E-state index in [1.54, 1.807) is 30.5 Å². The highest BCUT2D eigenvalue weighted by molar-refractivity contribution is 6.05. The van der Waals surface area contributed by atoms with Crippen LogP contribution in [0, 0.1) is 0 Å². The average Bonchev–Trinajstić information content (AvgIpc) is 2.55. The molecule has 5 nitrogen and oxygen atoms in total. The largest absolute Gasteiger partial charge is 0.492 e. The number of carbonyl (C=O) groups is 1. The lowest BCUT2D eigenvalue weighted by Gasteiger charge is -2.11. The molecule has 0 radical (unpaired) electrons. The summed E-state index contributed by atoms with van der Waals surface area (Å²) in [6.07, 6.45) is 3.32. The van der Waals surface area contributed by atoms with E-state index in [0.717, 1.165) is 0 Å². The molecule has 0 aliphatic heterocycles. The number of rotatable bonds is 7. The summed E-state index contributed by atoms with van der Waals surface area (Å²) in [6.45, 7) is 6.66. The van der Waals surface area contributed by atoms with Crippen molar-refractivity contribution in [2.24, 2.45) is 0 Å². The number of hydrogen-bond donors (Lipinski definition) is 2. The number of benzene rings is 1. The quantitative estimate of drug-likeness (QED) is 0.769. The summed E-state index contributed by atoms with van der Waals surface area (Å²) < 4.78 is 5.50. The van der Waals surface area contributed by atoms with E-state index in [9.17, 15) is 4.79 Å². The molecule has 0 saturated heterocycles. The number of pyridine rings is 1. The van der Waals surface area contributed by atoms with Crippen LogP contribution in [0.3, 0.4) is 0 Å². The molecule has 0 fully saturated rings. The van der Waals surface area contributed by atoms with Crippen LogP contribution in [-0.2, 0) is 0 Å². The van der Waals surface area contributed by atoms with Crippen molar-refractivity contribution in [1.82, 2.24) is 4.98 Å². The Morgan fingerprint density at radius 3 is 2.95 bits per heavy atom. The van der Waals surface area contributed by atoms with Gasteiger partial charge in [-0.3, -0.25) is 4.79 Å². The van der Waals surface area contributed by atoms with Crippen molar-refractivity contribution in [3.8, 4) is 5.75 Å². The summed E-state index contributed by atoms with van der Waals surface area (Å²) in [6, 6.07) is 10.7. The van der Waals surface area contributed by atoms with Crippen LogP contribution >= 0.6 is 0 Å². The Bertz CT molecular complexity index is 656. The minimum atomic E-state index is -0.212. The molecule has 0 atom stereocenters. The van der Waals surface area contributed by atoms with Gasteiger partial charge in [-0.25, -0.2) is 4.98 Å². The highest BCUT2D eigenvalue weighted by atomic mass is 16.5. The Balaban J connectivity index is 2.13. The number of nitrogens with one attached hydrogen (secondary N) is 2. The minimum Gasteiger partial charge on any atom is -0.492 e. The molecule has 0 aliphatic rings. The van der Waals surface area contributed by atoms with E-state index in [2.05, 4.69) is 22.2 Å². The van der Waals surface area contributed by atoms with Crippen molar-refractivity contribution in [3.63, 3.8) is 0 Å². The van der Waals surface area contributed by atoms with Gasteiger partial charge in [-0.15, -0.1) is 6.58 Å². The van der Waals surface area contributed by atoms with Crippen LogP contribution in [0.1, 0.15) is 17.3 Å². The topological polar surface area (TPSA) is 63.2 Å². The fourth-order valence-corrected chi connectivity index (χ4v) is 1.89. The lowest BCUT2D eigenvalue weighted by Crippen LogP contribution is -2.13. The maximum absolute atomic E-state index is 12.4. The first kappa shape index (κ1) is 15.6. The van der Waals surface area contributed by atoms with Crippen molar-refractivity contribution in [2.45, 2.75) is 6.92 Å². The van der Waals surface area contributed by atoms with Gasteiger partial charge in [0.2, 0.25) is 0 Å². The zero-order valence-corrected chi connectivity index (χ0v) is 12.5. The van der Waals surface area contributed by atoms with E-state index in [-0.39, 0.29) is 5.91 Å². The molecule has 0 saturated carbocycles. The molecule has 1 heterocycles. The molecule has 0 aliphatic carbocycles. The number of carbonyl (C=O) groups excluding carboxylic acids is 1. The molecule has 5 heteroatoms. The number of ether oxygens (including phenoxy) is 1. The van der Waals surface area contributed by atoms with Gasteiger partial charge in [-0.2, -0.15) is 0 Å². The Hall–Kier alpha value is -2.82. The molecule has 1 aromatic carbocycles. The number of aromatic nitrogens is 1.